The monoisotopic (exact) mass is 400 g/mol. The lowest BCUT2D eigenvalue weighted by atomic mass is 10.0. The number of nitrogens with zero attached hydrogens (tertiary/aromatic N) is 3. The van der Waals surface area contributed by atoms with Gasteiger partial charge in [-0.15, -0.1) is 11.3 Å². The van der Waals surface area contributed by atoms with Crippen LogP contribution in [0.4, 0.5) is 5.82 Å². The van der Waals surface area contributed by atoms with E-state index in [1.54, 1.807) is 6.33 Å². The lowest BCUT2D eigenvalue weighted by Gasteiger charge is -2.31. The number of aromatic nitrogens is 2. The molecule has 1 N–H and O–H groups in total. The molecule has 2 aromatic heterocycles. The maximum atomic E-state index is 6.53. The molecule has 0 saturated carbocycles. The SMILES string of the molecule is CCN(CC)C(CNc1ncnc2sc3c(c12)CCC3)c1ccccc1Cl. The van der Waals surface area contributed by atoms with Crippen LogP contribution in [-0.2, 0) is 12.8 Å². The Morgan fingerprint density at radius 1 is 1.19 bits per heavy atom. The van der Waals surface area contributed by atoms with E-state index in [1.807, 2.05) is 23.5 Å². The molecule has 0 aliphatic heterocycles. The maximum absolute atomic E-state index is 6.53. The lowest BCUT2D eigenvalue weighted by Crippen LogP contribution is -2.33. The third-order valence-corrected chi connectivity index (χ3v) is 7.03. The molecule has 4 rings (SSSR count). The second kappa shape index (κ2) is 8.13. The number of hydrogen-bond donors (Lipinski definition) is 1. The van der Waals surface area contributed by atoms with Crippen molar-refractivity contribution in [2.45, 2.75) is 39.2 Å². The molecule has 0 spiro atoms. The molecule has 4 nitrogen and oxygen atoms in total. The van der Waals surface area contributed by atoms with Crippen LogP contribution >= 0.6 is 22.9 Å². The number of aryl methyl sites for hydroxylation is 2. The first-order chi connectivity index (χ1) is 13.2. The summed E-state index contributed by atoms with van der Waals surface area (Å²) in [5.74, 6) is 0.962. The van der Waals surface area contributed by atoms with Gasteiger partial charge in [-0.25, -0.2) is 9.97 Å². The van der Waals surface area contributed by atoms with Gasteiger partial charge >= 0.3 is 0 Å². The van der Waals surface area contributed by atoms with E-state index >= 15 is 0 Å². The normalized spacial score (nSPS) is 14.7. The summed E-state index contributed by atoms with van der Waals surface area (Å²) in [6, 6.07) is 8.35. The smallest absolute Gasteiger partial charge is 0.138 e. The molecule has 0 bridgehead atoms. The highest BCUT2D eigenvalue weighted by molar-refractivity contribution is 7.19. The average molecular weight is 401 g/mol. The van der Waals surface area contributed by atoms with Crippen LogP contribution in [0.2, 0.25) is 5.02 Å². The van der Waals surface area contributed by atoms with Crippen molar-refractivity contribution in [3.63, 3.8) is 0 Å². The third kappa shape index (κ3) is 3.56. The van der Waals surface area contributed by atoms with Crippen LogP contribution in [0.3, 0.4) is 0 Å². The Morgan fingerprint density at radius 2 is 2.00 bits per heavy atom. The molecule has 2 heterocycles. The van der Waals surface area contributed by atoms with Gasteiger partial charge in [0.1, 0.15) is 17.0 Å². The van der Waals surface area contributed by atoms with Crippen LogP contribution in [0.1, 0.15) is 42.3 Å². The largest absolute Gasteiger partial charge is 0.367 e. The summed E-state index contributed by atoms with van der Waals surface area (Å²) in [6.45, 7) is 7.11. The van der Waals surface area contributed by atoms with Gasteiger partial charge in [0.2, 0.25) is 0 Å². The highest BCUT2D eigenvalue weighted by Crippen LogP contribution is 2.39. The second-order valence-corrected chi connectivity index (χ2v) is 8.39. The summed E-state index contributed by atoms with van der Waals surface area (Å²) >= 11 is 8.36. The van der Waals surface area contributed by atoms with Crippen molar-refractivity contribution in [3.8, 4) is 0 Å². The number of halogens is 1. The standard InChI is InChI=1S/C21H25ClN4S/c1-3-26(4-2)17(14-8-5-6-10-16(14)22)12-23-20-19-15-9-7-11-18(15)27-21(19)25-13-24-20/h5-6,8,10,13,17H,3-4,7,9,11-12H2,1-2H3,(H,23,24,25). The molecule has 1 aliphatic rings. The summed E-state index contributed by atoms with van der Waals surface area (Å²) in [5.41, 5.74) is 2.62. The second-order valence-electron chi connectivity index (χ2n) is 6.90. The van der Waals surface area contributed by atoms with Crippen LogP contribution < -0.4 is 5.32 Å². The summed E-state index contributed by atoms with van der Waals surface area (Å²) < 4.78 is 0. The minimum atomic E-state index is 0.199. The third-order valence-electron chi connectivity index (χ3n) is 5.48. The Hall–Kier alpha value is -1.69. The summed E-state index contributed by atoms with van der Waals surface area (Å²) in [4.78, 5) is 14.1. The molecule has 1 atom stereocenters. The van der Waals surface area contributed by atoms with E-state index < -0.39 is 0 Å². The number of rotatable bonds is 7. The minimum Gasteiger partial charge on any atom is -0.367 e. The van der Waals surface area contributed by atoms with Crippen LogP contribution in [0.15, 0.2) is 30.6 Å². The molecule has 1 unspecified atom stereocenters. The van der Waals surface area contributed by atoms with Crippen molar-refractivity contribution >= 4 is 39.0 Å². The topological polar surface area (TPSA) is 41.0 Å². The molecule has 0 fully saturated rings. The Bertz CT molecular complexity index is 935. The van der Waals surface area contributed by atoms with E-state index in [9.17, 15) is 0 Å². The maximum Gasteiger partial charge on any atom is 0.138 e. The van der Waals surface area contributed by atoms with E-state index in [2.05, 4.69) is 46.2 Å². The van der Waals surface area contributed by atoms with E-state index in [4.69, 9.17) is 11.6 Å². The first-order valence-electron chi connectivity index (χ1n) is 9.70. The fraction of sp³-hybridized carbons (Fsp3) is 0.429. The van der Waals surface area contributed by atoms with Crippen molar-refractivity contribution < 1.29 is 0 Å². The Kier molecular flexibility index (Phi) is 5.62. The first kappa shape index (κ1) is 18.7. The fourth-order valence-electron chi connectivity index (χ4n) is 4.10. The molecule has 1 aromatic carbocycles. The number of nitrogens with one attached hydrogen (secondary N) is 1. The molecular formula is C21H25ClN4S. The minimum absolute atomic E-state index is 0.199. The zero-order valence-corrected chi connectivity index (χ0v) is 17.4. The van der Waals surface area contributed by atoms with Crippen molar-refractivity contribution in [2.75, 3.05) is 25.0 Å². The molecule has 27 heavy (non-hydrogen) atoms. The van der Waals surface area contributed by atoms with Gasteiger partial charge in [0.05, 0.1) is 11.4 Å². The van der Waals surface area contributed by atoms with Gasteiger partial charge in [0.15, 0.2) is 0 Å². The first-order valence-corrected chi connectivity index (χ1v) is 10.9. The van der Waals surface area contributed by atoms with E-state index in [0.717, 1.165) is 47.3 Å². The van der Waals surface area contributed by atoms with Crippen LogP contribution in [0.25, 0.3) is 10.2 Å². The van der Waals surface area contributed by atoms with Crippen molar-refractivity contribution in [3.05, 3.63) is 51.6 Å². The number of likely N-dealkylation sites (N-methyl/N-ethyl adjacent to an activating group) is 1. The fourth-order valence-corrected chi connectivity index (χ4v) is 5.59. The number of hydrogen-bond acceptors (Lipinski definition) is 5. The molecule has 0 saturated heterocycles. The zero-order valence-electron chi connectivity index (χ0n) is 15.8. The highest BCUT2D eigenvalue weighted by atomic mass is 35.5. The van der Waals surface area contributed by atoms with Crippen LogP contribution in [0, 0.1) is 0 Å². The molecule has 6 heteroatoms. The van der Waals surface area contributed by atoms with Gasteiger partial charge in [-0.05, 0) is 49.5 Å². The summed E-state index contributed by atoms with van der Waals surface area (Å²) in [6.07, 6.45) is 5.24. The number of fused-ring (bicyclic) bond motifs is 3. The lowest BCUT2D eigenvalue weighted by molar-refractivity contribution is 0.228. The molecule has 0 amide bonds. The predicted octanol–water partition coefficient (Wildman–Crippen LogP) is 5.33. The van der Waals surface area contributed by atoms with Crippen molar-refractivity contribution in [1.29, 1.82) is 0 Å². The van der Waals surface area contributed by atoms with Gasteiger partial charge in [-0.1, -0.05) is 43.6 Å². The average Bonchev–Trinajstić information content (AvgIpc) is 3.27. The van der Waals surface area contributed by atoms with E-state index in [0.29, 0.717) is 0 Å². The molecule has 3 aromatic rings. The molecule has 142 valence electrons. The number of benzene rings is 1. The number of thiophene rings is 1. The Labute approximate surface area is 169 Å². The van der Waals surface area contributed by atoms with Gasteiger partial charge in [0.25, 0.3) is 0 Å². The van der Waals surface area contributed by atoms with Gasteiger partial charge in [-0.2, -0.15) is 0 Å². The molecule has 0 radical (unpaired) electrons. The van der Waals surface area contributed by atoms with Crippen LogP contribution in [-0.4, -0.2) is 34.5 Å². The quantitative estimate of drug-likeness (QED) is 0.582. The summed E-state index contributed by atoms with van der Waals surface area (Å²) in [5, 5.41) is 5.68. The summed E-state index contributed by atoms with van der Waals surface area (Å²) in [7, 11) is 0. The Balaban J connectivity index is 1.65. The van der Waals surface area contributed by atoms with Gasteiger partial charge in [-0.3, -0.25) is 4.90 Å². The predicted molar refractivity (Wildman–Crippen MR) is 115 cm³/mol. The zero-order chi connectivity index (χ0) is 18.8. The van der Waals surface area contributed by atoms with E-state index in [-0.39, 0.29) is 6.04 Å². The van der Waals surface area contributed by atoms with Crippen molar-refractivity contribution in [1.82, 2.24) is 14.9 Å². The van der Waals surface area contributed by atoms with Gasteiger partial charge < -0.3 is 5.32 Å². The van der Waals surface area contributed by atoms with Gasteiger partial charge in [0, 0.05) is 16.4 Å². The van der Waals surface area contributed by atoms with E-state index in [1.165, 1.54) is 28.7 Å². The Morgan fingerprint density at radius 3 is 2.78 bits per heavy atom. The van der Waals surface area contributed by atoms with Crippen LogP contribution in [0.5, 0.6) is 0 Å². The highest BCUT2D eigenvalue weighted by Gasteiger charge is 2.23. The number of anilines is 1. The molecule has 1 aliphatic carbocycles. The molecular weight excluding hydrogens is 376 g/mol. The van der Waals surface area contributed by atoms with Crippen molar-refractivity contribution in [2.24, 2.45) is 0 Å².